The molecule has 26 heavy (non-hydrogen) atoms. The number of rotatable bonds is 6. The number of oxazole rings is 1. The van der Waals surface area contributed by atoms with Crippen molar-refractivity contribution in [1.82, 2.24) is 9.88 Å². The highest BCUT2D eigenvalue weighted by atomic mass is 16.5. The van der Waals surface area contributed by atoms with Crippen LogP contribution < -0.4 is 4.74 Å². The van der Waals surface area contributed by atoms with E-state index in [0.717, 1.165) is 42.5 Å². The summed E-state index contributed by atoms with van der Waals surface area (Å²) < 4.78 is 11.5. The van der Waals surface area contributed by atoms with Crippen LogP contribution in [-0.2, 0) is 13.0 Å². The Hall–Kier alpha value is -2.59. The van der Waals surface area contributed by atoms with Crippen molar-refractivity contribution in [1.29, 1.82) is 0 Å². The van der Waals surface area contributed by atoms with Crippen LogP contribution in [0.1, 0.15) is 24.3 Å². The monoisotopic (exact) mass is 348 g/mol. The van der Waals surface area contributed by atoms with Gasteiger partial charge in [-0.25, -0.2) is 4.98 Å². The third-order valence-corrected chi connectivity index (χ3v) is 5.10. The minimum absolute atomic E-state index is 0.498. The van der Waals surface area contributed by atoms with Crippen LogP contribution >= 0.6 is 0 Å². The van der Waals surface area contributed by atoms with Crippen LogP contribution in [0.3, 0.4) is 0 Å². The van der Waals surface area contributed by atoms with E-state index in [9.17, 15) is 0 Å². The van der Waals surface area contributed by atoms with Gasteiger partial charge in [0.1, 0.15) is 5.75 Å². The summed E-state index contributed by atoms with van der Waals surface area (Å²) in [5.41, 5.74) is 2.34. The SMILES string of the molecule is COc1ccccc1C[C@H]1CCCN1Cc1ncc(-c2ccccc2)o1. The van der Waals surface area contributed by atoms with Crippen molar-refractivity contribution < 1.29 is 9.15 Å². The average molecular weight is 348 g/mol. The van der Waals surface area contributed by atoms with Gasteiger partial charge in [-0.1, -0.05) is 48.5 Å². The van der Waals surface area contributed by atoms with Gasteiger partial charge in [-0.05, 0) is 37.4 Å². The van der Waals surface area contributed by atoms with Crippen molar-refractivity contribution in [2.75, 3.05) is 13.7 Å². The number of likely N-dealkylation sites (tertiary alicyclic amines) is 1. The molecule has 1 fully saturated rings. The number of methoxy groups -OCH3 is 1. The second-order valence-corrected chi connectivity index (χ2v) is 6.77. The van der Waals surface area contributed by atoms with Gasteiger partial charge in [0.2, 0.25) is 5.89 Å². The van der Waals surface area contributed by atoms with Gasteiger partial charge >= 0.3 is 0 Å². The Labute approximate surface area is 154 Å². The van der Waals surface area contributed by atoms with E-state index >= 15 is 0 Å². The van der Waals surface area contributed by atoms with E-state index in [4.69, 9.17) is 9.15 Å². The van der Waals surface area contributed by atoms with Crippen LogP contribution in [0.5, 0.6) is 5.75 Å². The summed E-state index contributed by atoms with van der Waals surface area (Å²) in [5.74, 6) is 2.60. The molecule has 1 aliphatic rings. The zero-order valence-electron chi connectivity index (χ0n) is 15.1. The van der Waals surface area contributed by atoms with Crippen molar-refractivity contribution in [3.63, 3.8) is 0 Å². The van der Waals surface area contributed by atoms with Gasteiger partial charge in [0.25, 0.3) is 0 Å². The number of nitrogens with zero attached hydrogens (tertiary/aromatic N) is 2. The molecule has 0 spiro atoms. The Morgan fingerprint density at radius 2 is 1.92 bits per heavy atom. The molecule has 3 aromatic rings. The van der Waals surface area contributed by atoms with Crippen molar-refractivity contribution in [2.24, 2.45) is 0 Å². The lowest BCUT2D eigenvalue weighted by Crippen LogP contribution is -2.30. The molecule has 0 radical (unpaired) electrons. The Balaban J connectivity index is 1.45. The quantitative estimate of drug-likeness (QED) is 0.655. The summed E-state index contributed by atoms with van der Waals surface area (Å²) in [5, 5.41) is 0. The fourth-order valence-electron chi connectivity index (χ4n) is 3.75. The van der Waals surface area contributed by atoms with E-state index in [1.165, 1.54) is 18.4 Å². The predicted molar refractivity (Wildman–Crippen MR) is 102 cm³/mol. The fraction of sp³-hybridized carbons (Fsp3) is 0.318. The highest BCUT2D eigenvalue weighted by Crippen LogP contribution is 2.28. The summed E-state index contributed by atoms with van der Waals surface area (Å²) >= 11 is 0. The maximum atomic E-state index is 6.00. The van der Waals surface area contributed by atoms with Crippen LogP contribution in [0.4, 0.5) is 0 Å². The molecule has 1 saturated heterocycles. The van der Waals surface area contributed by atoms with Crippen molar-refractivity contribution in [3.8, 4) is 17.1 Å². The summed E-state index contributed by atoms with van der Waals surface area (Å²) in [6.45, 7) is 1.84. The van der Waals surface area contributed by atoms with Crippen LogP contribution in [0.2, 0.25) is 0 Å². The van der Waals surface area contributed by atoms with Gasteiger partial charge in [0.15, 0.2) is 5.76 Å². The van der Waals surface area contributed by atoms with Crippen LogP contribution in [0, 0.1) is 0 Å². The van der Waals surface area contributed by atoms with Crippen molar-refractivity contribution >= 4 is 0 Å². The fourth-order valence-corrected chi connectivity index (χ4v) is 3.75. The lowest BCUT2D eigenvalue weighted by Gasteiger charge is -2.23. The molecule has 1 aliphatic heterocycles. The number of benzene rings is 2. The van der Waals surface area contributed by atoms with Crippen molar-refractivity contribution in [3.05, 3.63) is 72.2 Å². The van der Waals surface area contributed by atoms with Gasteiger partial charge in [-0.3, -0.25) is 4.90 Å². The Morgan fingerprint density at radius 1 is 1.12 bits per heavy atom. The summed E-state index contributed by atoms with van der Waals surface area (Å²) in [6.07, 6.45) is 5.24. The maximum absolute atomic E-state index is 6.00. The lowest BCUT2D eigenvalue weighted by atomic mass is 10.0. The molecule has 0 saturated carbocycles. The summed E-state index contributed by atoms with van der Waals surface area (Å²) in [6, 6.07) is 18.9. The molecule has 134 valence electrons. The van der Waals surface area contributed by atoms with Crippen LogP contribution in [0.25, 0.3) is 11.3 Å². The lowest BCUT2D eigenvalue weighted by molar-refractivity contribution is 0.220. The molecule has 0 N–H and O–H groups in total. The van der Waals surface area contributed by atoms with Gasteiger partial charge in [0, 0.05) is 11.6 Å². The maximum Gasteiger partial charge on any atom is 0.209 e. The third-order valence-electron chi connectivity index (χ3n) is 5.10. The predicted octanol–water partition coefficient (Wildman–Crippen LogP) is 4.56. The minimum Gasteiger partial charge on any atom is -0.496 e. The molecule has 1 atom stereocenters. The van der Waals surface area contributed by atoms with E-state index in [-0.39, 0.29) is 0 Å². The van der Waals surface area contributed by atoms with Crippen LogP contribution in [-0.4, -0.2) is 29.6 Å². The zero-order chi connectivity index (χ0) is 17.8. The number of hydrogen-bond acceptors (Lipinski definition) is 4. The van der Waals surface area contributed by atoms with E-state index < -0.39 is 0 Å². The normalized spacial score (nSPS) is 17.5. The number of hydrogen-bond donors (Lipinski definition) is 0. The standard InChI is InChI=1S/C22H24N2O2/c1-25-20-12-6-5-10-18(20)14-19-11-7-13-24(19)16-22-23-15-21(26-22)17-8-3-2-4-9-17/h2-6,8-10,12,15,19H,7,11,13-14,16H2,1H3/t19-/m1/s1. The molecule has 0 aliphatic carbocycles. The Bertz CT molecular complexity index is 844. The first kappa shape index (κ1) is 16.9. The molecule has 0 bridgehead atoms. The molecule has 4 rings (SSSR count). The molecule has 4 heteroatoms. The second-order valence-electron chi connectivity index (χ2n) is 6.77. The highest BCUT2D eigenvalue weighted by molar-refractivity contribution is 5.55. The number of ether oxygens (including phenoxy) is 1. The third kappa shape index (κ3) is 3.65. The first-order valence-corrected chi connectivity index (χ1v) is 9.19. The Kier molecular flexibility index (Phi) is 5.02. The topological polar surface area (TPSA) is 38.5 Å². The Morgan fingerprint density at radius 3 is 2.77 bits per heavy atom. The van der Waals surface area contributed by atoms with E-state index in [2.05, 4.69) is 22.0 Å². The first-order chi connectivity index (χ1) is 12.8. The zero-order valence-corrected chi connectivity index (χ0v) is 15.1. The van der Waals surface area contributed by atoms with Gasteiger partial charge < -0.3 is 9.15 Å². The molecule has 2 aromatic carbocycles. The van der Waals surface area contributed by atoms with E-state index in [1.54, 1.807) is 7.11 Å². The second kappa shape index (κ2) is 7.75. The first-order valence-electron chi connectivity index (χ1n) is 9.19. The van der Waals surface area contributed by atoms with Gasteiger partial charge in [-0.2, -0.15) is 0 Å². The van der Waals surface area contributed by atoms with Gasteiger partial charge in [0.05, 0.1) is 19.9 Å². The molecular weight excluding hydrogens is 324 g/mol. The van der Waals surface area contributed by atoms with Crippen molar-refractivity contribution in [2.45, 2.75) is 31.8 Å². The number of para-hydroxylation sites is 1. The summed E-state index contributed by atoms with van der Waals surface area (Å²) in [7, 11) is 1.74. The van der Waals surface area contributed by atoms with E-state index in [1.807, 2.05) is 48.7 Å². The molecular formula is C22H24N2O2. The molecule has 2 heterocycles. The van der Waals surface area contributed by atoms with Gasteiger partial charge in [-0.15, -0.1) is 0 Å². The summed E-state index contributed by atoms with van der Waals surface area (Å²) in [4.78, 5) is 6.98. The highest BCUT2D eigenvalue weighted by Gasteiger charge is 2.27. The molecule has 0 amide bonds. The number of aromatic nitrogens is 1. The average Bonchev–Trinajstić information content (AvgIpc) is 3.33. The largest absolute Gasteiger partial charge is 0.496 e. The molecule has 0 unspecified atom stereocenters. The van der Waals surface area contributed by atoms with E-state index in [0.29, 0.717) is 6.04 Å². The minimum atomic E-state index is 0.498. The smallest absolute Gasteiger partial charge is 0.209 e. The molecule has 1 aromatic heterocycles. The molecule has 4 nitrogen and oxygen atoms in total. The van der Waals surface area contributed by atoms with Crippen LogP contribution in [0.15, 0.2) is 65.2 Å².